The third kappa shape index (κ3) is 6.04. The maximum atomic E-state index is 6.15. The van der Waals surface area contributed by atoms with Crippen LogP contribution in [0, 0.1) is 0 Å². The van der Waals surface area contributed by atoms with Gasteiger partial charge in [-0.05, 0) is 133 Å². The minimum atomic E-state index is -0.209. The van der Waals surface area contributed by atoms with Crippen molar-refractivity contribution < 1.29 is 4.42 Å². The molecule has 59 heavy (non-hydrogen) atoms. The highest BCUT2D eigenvalue weighted by atomic mass is 16.3. The Kier molecular flexibility index (Phi) is 8.20. The summed E-state index contributed by atoms with van der Waals surface area (Å²) < 4.78 is 6.15. The molecule has 1 heterocycles. The largest absolute Gasteiger partial charge is 0.456 e. The predicted molar refractivity (Wildman–Crippen MR) is 248 cm³/mol. The summed E-state index contributed by atoms with van der Waals surface area (Å²) in [5.41, 5.74) is 19.9. The maximum absolute atomic E-state index is 6.15. The van der Waals surface area contributed by atoms with Gasteiger partial charge in [-0.3, -0.25) is 0 Å². The van der Waals surface area contributed by atoms with Gasteiger partial charge in [-0.2, -0.15) is 0 Å². The first kappa shape index (κ1) is 34.8. The standard InChI is InChI=1S/C57H41NO/c1-57(2)53-36-45(44-25-33-56-52(35-44)51-18-9-10-19-55(51)59-56)24-31-49(53)50-32-30-48(37-54(50)57)58(46-26-20-40(21-27-46)38-12-5-3-6-13-38)47-28-22-41(23-29-47)43-17-11-16-42(34-43)39-14-7-4-8-15-39/h3-37H,1-2H3. The van der Waals surface area contributed by atoms with Crippen molar-refractivity contribution in [1.29, 1.82) is 0 Å². The zero-order chi connectivity index (χ0) is 39.5. The molecule has 9 aromatic carbocycles. The summed E-state index contributed by atoms with van der Waals surface area (Å²) in [7, 11) is 0. The van der Waals surface area contributed by atoms with E-state index in [1.165, 1.54) is 66.8 Å². The molecule has 280 valence electrons. The summed E-state index contributed by atoms with van der Waals surface area (Å²) in [5, 5.41) is 2.30. The second kappa shape index (κ2) is 13.9. The van der Waals surface area contributed by atoms with Gasteiger partial charge in [-0.25, -0.2) is 0 Å². The number of fused-ring (bicyclic) bond motifs is 6. The fraction of sp³-hybridized carbons (Fsp3) is 0.0526. The highest BCUT2D eigenvalue weighted by Gasteiger charge is 2.36. The first-order chi connectivity index (χ1) is 29.0. The Morgan fingerprint density at radius 2 is 0.763 bits per heavy atom. The molecule has 1 aliphatic carbocycles. The summed E-state index contributed by atoms with van der Waals surface area (Å²) in [6.45, 7) is 4.74. The van der Waals surface area contributed by atoms with Crippen LogP contribution in [0.5, 0.6) is 0 Å². The van der Waals surface area contributed by atoms with E-state index in [0.29, 0.717) is 0 Å². The van der Waals surface area contributed by atoms with Crippen LogP contribution < -0.4 is 4.90 Å². The molecular formula is C57H41NO. The van der Waals surface area contributed by atoms with Gasteiger partial charge in [-0.1, -0.05) is 159 Å². The number of para-hydroxylation sites is 1. The molecule has 1 aliphatic rings. The summed E-state index contributed by atoms with van der Waals surface area (Å²) in [5.74, 6) is 0. The van der Waals surface area contributed by atoms with Crippen LogP contribution in [0.25, 0.3) is 77.6 Å². The smallest absolute Gasteiger partial charge is 0.135 e. The van der Waals surface area contributed by atoms with Gasteiger partial charge in [-0.15, -0.1) is 0 Å². The molecule has 2 heteroatoms. The molecule has 0 atom stereocenters. The molecule has 0 amide bonds. The molecule has 0 fully saturated rings. The number of rotatable bonds is 7. The lowest BCUT2D eigenvalue weighted by atomic mass is 9.81. The van der Waals surface area contributed by atoms with E-state index in [-0.39, 0.29) is 5.41 Å². The van der Waals surface area contributed by atoms with Gasteiger partial charge in [0.25, 0.3) is 0 Å². The highest BCUT2D eigenvalue weighted by Crippen LogP contribution is 2.52. The average molecular weight is 756 g/mol. The Labute approximate surface area is 345 Å². The lowest BCUT2D eigenvalue weighted by Crippen LogP contribution is -2.16. The molecule has 0 N–H and O–H groups in total. The summed E-state index contributed by atoms with van der Waals surface area (Å²) >= 11 is 0. The monoisotopic (exact) mass is 755 g/mol. The minimum absolute atomic E-state index is 0.209. The summed E-state index contributed by atoms with van der Waals surface area (Å²) in [4.78, 5) is 2.40. The second-order valence-electron chi connectivity index (χ2n) is 16.2. The Balaban J connectivity index is 0.974. The fourth-order valence-electron chi connectivity index (χ4n) is 9.14. The van der Waals surface area contributed by atoms with Crippen molar-refractivity contribution in [2.24, 2.45) is 0 Å². The molecule has 0 saturated heterocycles. The van der Waals surface area contributed by atoms with Crippen molar-refractivity contribution in [3.8, 4) is 55.6 Å². The third-order valence-electron chi connectivity index (χ3n) is 12.3. The summed E-state index contributed by atoms with van der Waals surface area (Å²) in [6, 6.07) is 76.9. The van der Waals surface area contributed by atoms with E-state index >= 15 is 0 Å². The van der Waals surface area contributed by atoms with Crippen molar-refractivity contribution in [3.05, 3.63) is 223 Å². The van der Waals surface area contributed by atoms with Crippen LogP contribution in [0.3, 0.4) is 0 Å². The Morgan fingerprint density at radius 1 is 0.322 bits per heavy atom. The van der Waals surface area contributed by atoms with Gasteiger partial charge in [0.05, 0.1) is 0 Å². The van der Waals surface area contributed by atoms with Crippen LogP contribution in [0.2, 0.25) is 0 Å². The molecule has 0 saturated carbocycles. The van der Waals surface area contributed by atoms with Gasteiger partial charge in [0.2, 0.25) is 0 Å². The van der Waals surface area contributed by atoms with Gasteiger partial charge < -0.3 is 9.32 Å². The number of hydrogen-bond acceptors (Lipinski definition) is 2. The third-order valence-corrected chi connectivity index (χ3v) is 12.3. The molecular weight excluding hydrogens is 715 g/mol. The zero-order valence-corrected chi connectivity index (χ0v) is 33.1. The van der Waals surface area contributed by atoms with Crippen LogP contribution >= 0.6 is 0 Å². The van der Waals surface area contributed by atoms with E-state index in [1.807, 2.05) is 12.1 Å². The average Bonchev–Trinajstić information content (AvgIpc) is 3.78. The lowest BCUT2D eigenvalue weighted by molar-refractivity contribution is 0.660. The first-order valence-corrected chi connectivity index (χ1v) is 20.4. The molecule has 0 radical (unpaired) electrons. The molecule has 0 spiro atoms. The van der Waals surface area contributed by atoms with Crippen molar-refractivity contribution in [1.82, 2.24) is 0 Å². The molecule has 2 nitrogen and oxygen atoms in total. The molecule has 0 unspecified atom stereocenters. The van der Waals surface area contributed by atoms with Crippen LogP contribution in [-0.2, 0) is 5.41 Å². The van der Waals surface area contributed by atoms with E-state index in [2.05, 4.69) is 219 Å². The molecule has 11 rings (SSSR count). The van der Waals surface area contributed by atoms with Crippen molar-refractivity contribution in [2.45, 2.75) is 19.3 Å². The van der Waals surface area contributed by atoms with Gasteiger partial charge in [0.15, 0.2) is 0 Å². The van der Waals surface area contributed by atoms with Gasteiger partial charge in [0, 0.05) is 33.2 Å². The highest BCUT2D eigenvalue weighted by molar-refractivity contribution is 6.06. The number of nitrogens with zero attached hydrogens (tertiary/aromatic N) is 1. The maximum Gasteiger partial charge on any atom is 0.135 e. The van der Waals surface area contributed by atoms with E-state index in [4.69, 9.17) is 4.42 Å². The lowest BCUT2D eigenvalue weighted by Gasteiger charge is -2.28. The number of furan rings is 1. The number of benzene rings is 9. The predicted octanol–water partition coefficient (Wildman–Crippen LogP) is 16.0. The Hall–Kier alpha value is -7.42. The Morgan fingerprint density at radius 3 is 1.44 bits per heavy atom. The quantitative estimate of drug-likeness (QED) is 0.161. The SMILES string of the molecule is CC1(C)c2cc(-c3ccc4oc5ccccc5c4c3)ccc2-c2ccc(N(c3ccc(-c4ccccc4)cc3)c3ccc(-c4cccc(-c5ccccc5)c4)cc3)cc21. The minimum Gasteiger partial charge on any atom is -0.456 e. The van der Waals surface area contributed by atoms with Crippen LogP contribution in [0.15, 0.2) is 217 Å². The fourth-order valence-corrected chi connectivity index (χ4v) is 9.14. The van der Waals surface area contributed by atoms with Gasteiger partial charge in [0.1, 0.15) is 11.2 Å². The van der Waals surface area contributed by atoms with E-state index < -0.39 is 0 Å². The number of hydrogen-bond donors (Lipinski definition) is 0. The van der Waals surface area contributed by atoms with Crippen LogP contribution in [-0.4, -0.2) is 0 Å². The first-order valence-electron chi connectivity index (χ1n) is 20.4. The summed E-state index contributed by atoms with van der Waals surface area (Å²) in [6.07, 6.45) is 0. The number of anilines is 3. The topological polar surface area (TPSA) is 16.4 Å². The second-order valence-corrected chi connectivity index (χ2v) is 16.2. The van der Waals surface area contributed by atoms with Crippen LogP contribution in [0.4, 0.5) is 17.1 Å². The van der Waals surface area contributed by atoms with E-state index in [1.54, 1.807) is 0 Å². The zero-order valence-electron chi connectivity index (χ0n) is 33.1. The van der Waals surface area contributed by atoms with Crippen LogP contribution in [0.1, 0.15) is 25.0 Å². The molecule has 10 aromatic rings. The van der Waals surface area contributed by atoms with Crippen molar-refractivity contribution in [2.75, 3.05) is 4.90 Å². The normalized spacial score (nSPS) is 12.7. The van der Waals surface area contributed by atoms with E-state index in [0.717, 1.165) is 39.0 Å². The van der Waals surface area contributed by atoms with Crippen molar-refractivity contribution in [3.63, 3.8) is 0 Å². The van der Waals surface area contributed by atoms with Crippen molar-refractivity contribution >= 4 is 39.0 Å². The Bertz CT molecular complexity index is 3160. The molecule has 0 bridgehead atoms. The molecule has 0 aliphatic heterocycles. The van der Waals surface area contributed by atoms with Gasteiger partial charge >= 0.3 is 0 Å². The molecule has 1 aromatic heterocycles. The van der Waals surface area contributed by atoms with E-state index in [9.17, 15) is 0 Å².